The molecular formula is C121H162N22O2. The molecule has 0 radical (unpaired) electrons. The van der Waals surface area contributed by atoms with Crippen LogP contribution < -0.4 is 58.8 Å². The number of hydrogen-bond donors (Lipinski definition) is 1. The van der Waals surface area contributed by atoms with Crippen LogP contribution in [0.2, 0.25) is 0 Å². The Bertz CT molecular complexity index is 6460. The first-order valence-corrected chi connectivity index (χ1v) is 55.1. The average molecular weight is 1960 g/mol. The summed E-state index contributed by atoms with van der Waals surface area (Å²) in [5.74, 6) is 11.0. The molecule has 0 amide bonds. The highest BCUT2D eigenvalue weighted by molar-refractivity contribution is 5.96. The van der Waals surface area contributed by atoms with Gasteiger partial charge in [-0.2, -0.15) is 0 Å². The molecule has 768 valence electrons. The summed E-state index contributed by atoms with van der Waals surface area (Å²) in [7, 11) is 23.2. The van der Waals surface area contributed by atoms with Gasteiger partial charge in [-0.1, -0.05) is 100 Å². The van der Waals surface area contributed by atoms with E-state index in [1.54, 1.807) is 7.11 Å². The van der Waals surface area contributed by atoms with Crippen LogP contribution in [0.5, 0.6) is 0 Å². The van der Waals surface area contributed by atoms with Crippen molar-refractivity contribution in [1.29, 1.82) is 0 Å². The molecule has 1 N–H and O–H groups in total. The highest BCUT2D eigenvalue weighted by Gasteiger charge is 2.47. The molecule has 145 heavy (non-hydrogen) atoms. The number of aliphatic hydroxyl groups excluding tert-OH is 1. The lowest BCUT2D eigenvalue weighted by Gasteiger charge is -2.39. The van der Waals surface area contributed by atoms with Gasteiger partial charge >= 0.3 is 0 Å². The molecule has 4 aromatic heterocycles. The summed E-state index contributed by atoms with van der Waals surface area (Å²) in [6.45, 7) is 31.2. The number of para-hydroxylation sites is 4. The molecule has 8 aromatic carbocycles. The van der Waals surface area contributed by atoms with E-state index >= 15 is 0 Å². The molecule has 24 nitrogen and oxygen atoms in total. The lowest BCUT2D eigenvalue weighted by molar-refractivity contribution is 0.206. The van der Waals surface area contributed by atoms with Crippen molar-refractivity contribution >= 4 is 112 Å². The van der Waals surface area contributed by atoms with Gasteiger partial charge in [-0.3, -0.25) is 0 Å². The average Bonchev–Trinajstić information content (AvgIpc) is 1.65. The van der Waals surface area contributed by atoms with E-state index in [0.29, 0.717) is 36.8 Å². The third-order valence-corrected chi connectivity index (χ3v) is 34.5. The van der Waals surface area contributed by atoms with Gasteiger partial charge in [0.15, 0.2) is 0 Å². The minimum absolute atomic E-state index is 0.129. The van der Waals surface area contributed by atoms with Gasteiger partial charge in [-0.05, 0) is 299 Å². The molecule has 24 heteroatoms. The van der Waals surface area contributed by atoms with Crippen molar-refractivity contribution in [3.63, 3.8) is 0 Å². The number of benzene rings is 8. The van der Waals surface area contributed by atoms with E-state index in [1.807, 2.05) is 7.05 Å². The maximum absolute atomic E-state index is 9.42. The van der Waals surface area contributed by atoms with Crippen LogP contribution in [0, 0.1) is 0 Å². The Morgan fingerprint density at radius 1 is 0.303 bits per heavy atom. The van der Waals surface area contributed by atoms with Gasteiger partial charge in [0.1, 0.15) is 46.6 Å². The summed E-state index contributed by atoms with van der Waals surface area (Å²) in [4.78, 5) is 74.8. The molecule has 7 aliphatic heterocycles. The molecule has 23 rings (SSSR count). The Kier molecular flexibility index (Phi) is 30.3. The van der Waals surface area contributed by atoms with Crippen molar-refractivity contribution in [1.82, 2.24) is 49.7 Å². The lowest BCUT2D eigenvalue weighted by Crippen LogP contribution is -2.39. The third-order valence-electron chi connectivity index (χ3n) is 34.5. The van der Waals surface area contributed by atoms with Crippen LogP contribution >= 0.6 is 0 Å². The zero-order chi connectivity index (χ0) is 100. The zero-order valence-corrected chi connectivity index (χ0v) is 89.9. The molecule has 4 aliphatic carbocycles. The van der Waals surface area contributed by atoms with Gasteiger partial charge in [0.25, 0.3) is 0 Å². The van der Waals surface area contributed by atoms with Crippen LogP contribution in [0.15, 0.2) is 170 Å². The van der Waals surface area contributed by atoms with E-state index in [1.165, 1.54) is 195 Å². The molecule has 11 heterocycles. The van der Waals surface area contributed by atoms with Crippen LogP contribution in [0.25, 0.3) is 43.6 Å². The summed E-state index contributed by atoms with van der Waals surface area (Å²) in [6, 6.07) is 62.7. The minimum Gasteiger partial charge on any atom is -0.395 e. The minimum atomic E-state index is 0.129. The van der Waals surface area contributed by atoms with Gasteiger partial charge in [-0.25, -0.2) is 39.9 Å². The fourth-order valence-electron chi connectivity index (χ4n) is 23.0. The number of anilines is 12. The van der Waals surface area contributed by atoms with Gasteiger partial charge in [-0.15, -0.1) is 0 Å². The maximum Gasteiger partial charge on any atom is 0.140 e. The summed E-state index contributed by atoms with van der Waals surface area (Å²) in [6.07, 6.45) is 24.0. The van der Waals surface area contributed by atoms with Gasteiger partial charge < -0.3 is 78.4 Å². The number of rotatable bonds is 31. The first kappa shape index (κ1) is 101. The van der Waals surface area contributed by atoms with Crippen LogP contribution in [0.3, 0.4) is 0 Å². The largest absolute Gasteiger partial charge is 0.395 e. The Hall–Kier alpha value is -11.4. The molecule has 7 saturated heterocycles. The zero-order valence-electron chi connectivity index (χ0n) is 89.9. The van der Waals surface area contributed by atoms with Crippen molar-refractivity contribution in [3.8, 4) is 0 Å². The van der Waals surface area contributed by atoms with Gasteiger partial charge in [0.2, 0.25) is 0 Å². The maximum atomic E-state index is 9.42. The molecule has 0 bridgehead atoms. The van der Waals surface area contributed by atoms with Crippen LogP contribution in [0.1, 0.15) is 225 Å². The number of likely N-dealkylation sites (N-methyl/N-ethyl adjacent to an activating group) is 5. The molecule has 11 fully saturated rings. The summed E-state index contributed by atoms with van der Waals surface area (Å²) < 4.78 is 5.30. The number of aromatic nitrogens is 8. The van der Waals surface area contributed by atoms with E-state index in [-0.39, 0.29) is 28.3 Å². The van der Waals surface area contributed by atoms with Crippen LogP contribution in [0.4, 0.5) is 68.8 Å². The summed E-state index contributed by atoms with van der Waals surface area (Å²) in [5, 5.41) is 14.1. The van der Waals surface area contributed by atoms with E-state index in [9.17, 15) is 5.11 Å². The second kappa shape index (κ2) is 43.5. The van der Waals surface area contributed by atoms with E-state index in [4.69, 9.17) is 44.6 Å². The Morgan fingerprint density at radius 3 is 0.883 bits per heavy atom. The molecule has 0 unspecified atom stereocenters. The second-order valence-corrected chi connectivity index (χ2v) is 46.0. The number of likely N-dealkylation sites (tertiary alicyclic amines) is 1. The summed E-state index contributed by atoms with van der Waals surface area (Å²) >= 11 is 0. The number of nitrogens with zero attached hydrogens (tertiary/aromatic N) is 22. The fourth-order valence-corrected chi connectivity index (χ4v) is 23.0. The van der Waals surface area contributed by atoms with Gasteiger partial charge in [0.05, 0.1) is 35.3 Å². The monoisotopic (exact) mass is 1960 g/mol. The van der Waals surface area contributed by atoms with Crippen LogP contribution in [-0.4, -0.2) is 276 Å². The van der Waals surface area contributed by atoms with Crippen LogP contribution in [-0.2, 0) is 26.4 Å². The molecule has 11 aliphatic rings. The normalized spacial score (nSPS) is 19.1. The van der Waals surface area contributed by atoms with Crippen molar-refractivity contribution < 1.29 is 9.84 Å². The molecule has 0 spiro atoms. The van der Waals surface area contributed by atoms with Gasteiger partial charge in [0, 0.05) is 270 Å². The Balaban J connectivity index is 0.000000118. The highest BCUT2D eigenvalue weighted by atomic mass is 16.5. The standard InChI is InChI=1S/C32H44N6.C30H42N6.C30H39N5O.C29H37N5O/c1-32(15-16-32)31-33-28-12-11-25(36(4)21-22-37-17-7-8-18-37)23-27(28)30(34-31)38-19-13-24(14-20-38)26-9-5-6-10-29(26)35(2)3;1-30(15-16-30)29-31-26-12-11-23(35(6)20-19-33(2)3)21-25(26)28(32-29)36-17-13-22(14-18-36)24-9-7-8-10-27(24)34(4)5;1-30(13-14-30)29-31-26-10-9-23(33(2)19-20-36-3)21-25(26)28(32-29)35-17-11-22(12-18-35)24-7-4-5-8-27(24)34-15-6-16-34;1-29(12-13-29)28-30-25-9-8-22(32(2)18-19-35)20-24(25)27(31-28)34-16-10-21(11-17-34)23-6-3-4-7-26(23)33-14-5-15-33/h5-6,9-12,23-24H,7-8,13-22H2,1-4H3;7-12,21-22H,13-20H2,1-6H3;4-5,7-10,21-22H,6,11-20H2,1-3H3;3-4,6-9,20-21,35H,5,10-19H2,1-2H3. The Labute approximate surface area is 864 Å². The molecule has 4 saturated carbocycles. The predicted molar refractivity (Wildman–Crippen MR) is 606 cm³/mol. The van der Waals surface area contributed by atoms with Crippen molar-refractivity contribution in [2.24, 2.45) is 0 Å². The fraction of sp³-hybridized carbons (Fsp3) is 0.537. The van der Waals surface area contributed by atoms with Crippen molar-refractivity contribution in [3.05, 3.63) is 215 Å². The quantitative estimate of drug-likeness (QED) is 0.0433. The molecule has 0 atom stereocenters. The third kappa shape index (κ3) is 22.5. The number of methoxy groups -OCH3 is 1. The number of aliphatic hydroxyl groups is 1. The number of piperidine rings is 4. The van der Waals surface area contributed by atoms with E-state index < -0.39 is 0 Å². The van der Waals surface area contributed by atoms with Crippen molar-refractivity contribution in [2.45, 2.75) is 201 Å². The number of hydrogen-bond acceptors (Lipinski definition) is 24. The first-order valence-electron chi connectivity index (χ1n) is 55.1. The highest BCUT2D eigenvalue weighted by Crippen LogP contribution is 2.53. The topological polar surface area (TPSA) is 178 Å². The SMILES string of the molecule is CN(C)CCN(C)c1ccc2nc(C3(C)CC3)nc(N3CCC(c4ccccc4N(C)C)CC3)c2c1.CN(C)c1ccccc1C1CCN(c2nc(C3(C)CC3)nc3ccc(N(C)CCN4CCCC4)cc23)CC1.CN(CCO)c1ccc2nc(C3(C)CC3)nc(N3CCC(c4ccccc4N4CCC4)CC3)c2c1.COCCN(C)c1ccc2nc(C3(C)CC3)nc(N3CCC(c4ccccc4N4CCC4)CC3)c2c1. The lowest BCUT2D eigenvalue weighted by atomic mass is 9.87. The predicted octanol–water partition coefficient (Wildman–Crippen LogP) is 20.9. The molecule has 12 aromatic rings. The number of ether oxygens (including phenoxy) is 1. The first-order chi connectivity index (χ1) is 70.3. The number of fused-ring (bicyclic) bond motifs is 4. The Morgan fingerprint density at radius 2 is 0.593 bits per heavy atom. The summed E-state index contributed by atoms with van der Waals surface area (Å²) in [5.41, 5.74) is 21.3. The van der Waals surface area contributed by atoms with E-state index in [0.717, 1.165) is 216 Å². The van der Waals surface area contributed by atoms with Crippen molar-refractivity contribution in [2.75, 3.05) is 280 Å². The molecular weight excluding hydrogens is 1790 g/mol. The second-order valence-electron chi connectivity index (χ2n) is 46.0. The van der Waals surface area contributed by atoms with E-state index in [2.05, 4.69) is 330 Å². The smallest absolute Gasteiger partial charge is 0.140 e.